The summed E-state index contributed by atoms with van der Waals surface area (Å²) < 4.78 is 0. The fraction of sp³-hybridized carbons (Fsp3) is 0.429. The highest BCUT2D eigenvalue weighted by atomic mass is 32.1. The standard InChI is InChI=1S/C14H18N4O3S/c19-13(9-10-5-1-4-8-12(10)18(20)21)16-17-14(22)15-11-6-2-3-7-11/h1,4-5,8,11H,2-3,6-7,9H2,(H,16,19)(H2,15,17,22). The molecule has 3 N–H and O–H groups in total. The van der Waals surface area contributed by atoms with Gasteiger partial charge in [0.15, 0.2) is 5.11 Å². The van der Waals surface area contributed by atoms with E-state index in [-0.39, 0.29) is 18.0 Å². The third-order valence-corrected chi connectivity index (χ3v) is 3.77. The Morgan fingerprint density at radius 1 is 1.27 bits per heavy atom. The van der Waals surface area contributed by atoms with Crippen LogP contribution in [0, 0.1) is 10.1 Å². The van der Waals surface area contributed by atoms with Gasteiger partial charge in [0.05, 0.1) is 11.3 Å². The molecule has 1 aromatic carbocycles. The summed E-state index contributed by atoms with van der Waals surface area (Å²) >= 11 is 5.10. The summed E-state index contributed by atoms with van der Waals surface area (Å²) in [7, 11) is 0. The summed E-state index contributed by atoms with van der Waals surface area (Å²) in [6.07, 6.45) is 4.43. The number of rotatable bonds is 4. The molecular formula is C14H18N4O3S. The van der Waals surface area contributed by atoms with Gasteiger partial charge in [-0.05, 0) is 25.1 Å². The second-order valence-electron chi connectivity index (χ2n) is 5.19. The van der Waals surface area contributed by atoms with Gasteiger partial charge in [0, 0.05) is 17.7 Å². The first kappa shape index (κ1) is 16.2. The SMILES string of the molecule is O=C(Cc1ccccc1[N+](=O)[O-])NNC(=S)NC1CCCC1. The summed E-state index contributed by atoms with van der Waals surface area (Å²) in [5.41, 5.74) is 5.38. The van der Waals surface area contributed by atoms with Crippen LogP contribution in [0.2, 0.25) is 0 Å². The van der Waals surface area contributed by atoms with Crippen LogP contribution in [0.4, 0.5) is 5.69 Å². The summed E-state index contributed by atoms with van der Waals surface area (Å²) in [6.45, 7) is 0. The van der Waals surface area contributed by atoms with Crippen molar-refractivity contribution >= 4 is 28.9 Å². The Morgan fingerprint density at radius 3 is 2.64 bits per heavy atom. The average molecular weight is 322 g/mol. The van der Waals surface area contributed by atoms with Gasteiger partial charge in [-0.1, -0.05) is 31.0 Å². The van der Waals surface area contributed by atoms with Crippen molar-refractivity contribution in [2.75, 3.05) is 0 Å². The molecule has 0 saturated heterocycles. The van der Waals surface area contributed by atoms with E-state index in [1.807, 2.05) is 0 Å². The minimum atomic E-state index is -0.498. The van der Waals surface area contributed by atoms with Crippen LogP contribution in [0.1, 0.15) is 31.2 Å². The van der Waals surface area contributed by atoms with E-state index in [9.17, 15) is 14.9 Å². The van der Waals surface area contributed by atoms with Crippen LogP contribution in [0.15, 0.2) is 24.3 Å². The van der Waals surface area contributed by atoms with E-state index in [1.54, 1.807) is 18.2 Å². The lowest BCUT2D eigenvalue weighted by Gasteiger charge is -2.16. The second-order valence-corrected chi connectivity index (χ2v) is 5.60. The van der Waals surface area contributed by atoms with Crippen molar-refractivity contribution in [1.82, 2.24) is 16.2 Å². The normalized spacial score (nSPS) is 14.4. The zero-order valence-corrected chi connectivity index (χ0v) is 12.8. The fourth-order valence-corrected chi connectivity index (χ4v) is 2.69. The first-order chi connectivity index (χ1) is 10.6. The number of amides is 1. The van der Waals surface area contributed by atoms with Crippen LogP contribution in [-0.2, 0) is 11.2 Å². The number of benzene rings is 1. The Balaban J connectivity index is 1.80. The maximum absolute atomic E-state index is 11.8. The van der Waals surface area contributed by atoms with E-state index in [0.717, 1.165) is 12.8 Å². The monoisotopic (exact) mass is 322 g/mol. The van der Waals surface area contributed by atoms with E-state index >= 15 is 0 Å². The number of hydrogen-bond donors (Lipinski definition) is 3. The number of carbonyl (C=O) groups is 1. The highest BCUT2D eigenvalue weighted by molar-refractivity contribution is 7.80. The van der Waals surface area contributed by atoms with E-state index in [1.165, 1.54) is 18.9 Å². The Kier molecular flexibility index (Phi) is 5.65. The first-order valence-corrected chi connectivity index (χ1v) is 7.54. The molecule has 8 heteroatoms. The summed E-state index contributed by atoms with van der Waals surface area (Å²) in [5, 5.41) is 14.4. The maximum Gasteiger partial charge on any atom is 0.273 e. The van der Waals surface area contributed by atoms with Gasteiger partial charge in [-0.3, -0.25) is 25.8 Å². The maximum atomic E-state index is 11.8. The zero-order chi connectivity index (χ0) is 15.9. The highest BCUT2D eigenvalue weighted by Gasteiger charge is 2.17. The minimum absolute atomic E-state index is 0.0655. The van der Waals surface area contributed by atoms with Gasteiger partial charge in [-0.25, -0.2) is 0 Å². The summed E-state index contributed by atoms with van der Waals surface area (Å²) in [4.78, 5) is 22.2. The number of para-hydroxylation sites is 1. The highest BCUT2D eigenvalue weighted by Crippen LogP contribution is 2.18. The van der Waals surface area contributed by atoms with Crippen LogP contribution in [-0.4, -0.2) is 22.0 Å². The molecule has 1 amide bonds. The molecule has 0 aromatic heterocycles. The molecule has 0 radical (unpaired) electrons. The van der Waals surface area contributed by atoms with Gasteiger partial charge in [0.2, 0.25) is 5.91 Å². The molecule has 1 fully saturated rings. The van der Waals surface area contributed by atoms with Gasteiger partial charge in [0.1, 0.15) is 0 Å². The van der Waals surface area contributed by atoms with Crippen LogP contribution in [0.3, 0.4) is 0 Å². The van der Waals surface area contributed by atoms with Gasteiger partial charge < -0.3 is 5.32 Å². The third kappa shape index (κ3) is 4.66. The summed E-state index contributed by atoms with van der Waals surface area (Å²) in [5.74, 6) is -0.384. The van der Waals surface area contributed by atoms with Crippen LogP contribution in [0.5, 0.6) is 0 Å². The molecule has 2 rings (SSSR count). The molecule has 0 unspecified atom stereocenters. The van der Waals surface area contributed by atoms with Crippen molar-refractivity contribution in [1.29, 1.82) is 0 Å². The Bertz CT molecular complexity index is 573. The lowest BCUT2D eigenvalue weighted by atomic mass is 10.1. The van der Waals surface area contributed by atoms with Gasteiger partial charge in [0.25, 0.3) is 5.69 Å². The predicted octanol–water partition coefficient (Wildman–Crippen LogP) is 1.58. The first-order valence-electron chi connectivity index (χ1n) is 7.14. The van der Waals surface area contributed by atoms with Crippen LogP contribution >= 0.6 is 12.2 Å². The minimum Gasteiger partial charge on any atom is -0.359 e. The number of nitro benzene ring substituents is 1. The molecule has 1 aliphatic rings. The lowest BCUT2D eigenvalue weighted by Crippen LogP contribution is -2.49. The van der Waals surface area contributed by atoms with Crippen molar-refractivity contribution in [2.45, 2.75) is 38.1 Å². The molecule has 118 valence electrons. The number of nitrogens with zero attached hydrogens (tertiary/aromatic N) is 1. The van der Waals surface area contributed by atoms with Crippen LogP contribution in [0.25, 0.3) is 0 Å². The smallest absolute Gasteiger partial charge is 0.273 e. The van der Waals surface area contributed by atoms with Crippen molar-refractivity contribution in [2.24, 2.45) is 0 Å². The van der Waals surface area contributed by atoms with E-state index in [2.05, 4.69) is 16.2 Å². The van der Waals surface area contributed by atoms with Gasteiger partial charge in [-0.2, -0.15) is 0 Å². The van der Waals surface area contributed by atoms with Crippen molar-refractivity contribution < 1.29 is 9.72 Å². The molecule has 1 aliphatic carbocycles. The molecule has 0 aliphatic heterocycles. The molecule has 22 heavy (non-hydrogen) atoms. The van der Waals surface area contributed by atoms with Gasteiger partial charge >= 0.3 is 0 Å². The van der Waals surface area contributed by atoms with Gasteiger partial charge in [-0.15, -0.1) is 0 Å². The summed E-state index contributed by atoms with van der Waals surface area (Å²) in [6, 6.07) is 6.52. The molecular weight excluding hydrogens is 304 g/mol. The molecule has 0 spiro atoms. The molecule has 0 heterocycles. The van der Waals surface area contributed by atoms with Crippen molar-refractivity contribution in [3.63, 3.8) is 0 Å². The van der Waals surface area contributed by atoms with E-state index in [4.69, 9.17) is 12.2 Å². The molecule has 0 atom stereocenters. The Morgan fingerprint density at radius 2 is 1.95 bits per heavy atom. The third-order valence-electron chi connectivity index (χ3n) is 3.55. The fourth-order valence-electron chi connectivity index (χ4n) is 2.47. The Labute approximate surface area is 133 Å². The predicted molar refractivity (Wildman–Crippen MR) is 86.1 cm³/mol. The number of hydrogen-bond acceptors (Lipinski definition) is 4. The number of hydrazine groups is 1. The number of carbonyl (C=O) groups excluding carboxylic acids is 1. The topological polar surface area (TPSA) is 96.3 Å². The number of thiocarbonyl (C=S) groups is 1. The number of nitro groups is 1. The molecule has 1 aromatic rings. The zero-order valence-electron chi connectivity index (χ0n) is 12.0. The quantitative estimate of drug-likeness (QED) is 0.442. The van der Waals surface area contributed by atoms with Crippen molar-refractivity contribution in [3.05, 3.63) is 39.9 Å². The number of nitrogens with one attached hydrogen (secondary N) is 3. The largest absolute Gasteiger partial charge is 0.359 e. The van der Waals surface area contributed by atoms with Crippen molar-refractivity contribution in [3.8, 4) is 0 Å². The molecule has 0 bridgehead atoms. The Hall–Kier alpha value is -2.22. The molecule has 1 saturated carbocycles. The lowest BCUT2D eigenvalue weighted by molar-refractivity contribution is -0.385. The average Bonchev–Trinajstić information content (AvgIpc) is 2.98. The van der Waals surface area contributed by atoms with Crippen LogP contribution < -0.4 is 16.2 Å². The van der Waals surface area contributed by atoms with E-state index < -0.39 is 4.92 Å². The molecule has 7 nitrogen and oxygen atoms in total. The van der Waals surface area contributed by atoms with E-state index in [0.29, 0.717) is 16.7 Å². The second kappa shape index (κ2) is 7.69.